The van der Waals surface area contributed by atoms with Crippen LogP contribution in [0.25, 0.3) is 0 Å². The Morgan fingerprint density at radius 3 is 2.80 bits per heavy atom. The van der Waals surface area contributed by atoms with E-state index in [1.54, 1.807) is 0 Å². The fourth-order valence-electron chi connectivity index (χ4n) is 4.39. The molecule has 0 aromatic heterocycles. The minimum atomic E-state index is -0.158. The van der Waals surface area contributed by atoms with Gasteiger partial charge in [-0.3, -0.25) is 9.69 Å². The topological polar surface area (TPSA) is 35.6 Å². The van der Waals surface area contributed by atoms with E-state index in [0.717, 1.165) is 32.6 Å². The van der Waals surface area contributed by atoms with Gasteiger partial charge in [0.15, 0.2) is 0 Å². The second-order valence-electron chi connectivity index (χ2n) is 7.34. The van der Waals surface area contributed by atoms with Crippen LogP contribution in [0.3, 0.4) is 0 Å². The third-order valence-corrected chi connectivity index (χ3v) is 5.92. The standard InChI is InChI=1S/C16H29N3O/c1-12(2)16(6-7-17-11-16)15(20)19-10-14-5-4-8-18(14)9-13(19)3/h12-14,17H,4-11H2,1-3H3. The van der Waals surface area contributed by atoms with Gasteiger partial charge in [-0.15, -0.1) is 0 Å². The molecule has 0 aromatic carbocycles. The molecule has 3 fully saturated rings. The summed E-state index contributed by atoms with van der Waals surface area (Å²) in [6.45, 7) is 11.7. The first-order valence-electron chi connectivity index (χ1n) is 8.30. The number of fused-ring (bicyclic) bond motifs is 1. The van der Waals surface area contributed by atoms with E-state index in [1.807, 2.05) is 0 Å². The van der Waals surface area contributed by atoms with Crippen molar-refractivity contribution in [1.82, 2.24) is 15.1 Å². The van der Waals surface area contributed by atoms with Crippen LogP contribution in [0.5, 0.6) is 0 Å². The van der Waals surface area contributed by atoms with Crippen LogP contribution in [0.2, 0.25) is 0 Å². The number of hydrogen-bond donors (Lipinski definition) is 1. The van der Waals surface area contributed by atoms with Crippen LogP contribution in [0.4, 0.5) is 0 Å². The quantitative estimate of drug-likeness (QED) is 0.828. The molecule has 0 bridgehead atoms. The SMILES string of the molecule is CC1CN2CCCC2CN1C(=O)C1(C(C)C)CCNC1. The Labute approximate surface area is 122 Å². The van der Waals surface area contributed by atoms with Crippen LogP contribution >= 0.6 is 0 Å². The zero-order chi connectivity index (χ0) is 14.3. The van der Waals surface area contributed by atoms with Crippen LogP contribution in [0.15, 0.2) is 0 Å². The molecule has 4 heteroatoms. The van der Waals surface area contributed by atoms with Crippen molar-refractivity contribution in [2.75, 3.05) is 32.7 Å². The van der Waals surface area contributed by atoms with Crippen LogP contribution in [0, 0.1) is 11.3 Å². The van der Waals surface area contributed by atoms with Gasteiger partial charge < -0.3 is 10.2 Å². The summed E-state index contributed by atoms with van der Waals surface area (Å²) in [6, 6.07) is 0.988. The number of rotatable bonds is 2. The van der Waals surface area contributed by atoms with Crippen molar-refractivity contribution in [3.8, 4) is 0 Å². The molecule has 20 heavy (non-hydrogen) atoms. The second-order valence-corrected chi connectivity index (χ2v) is 7.34. The minimum Gasteiger partial charge on any atom is -0.337 e. The third kappa shape index (κ3) is 2.17. The van der Waals surface area contributed by atoms with Gasteiger partial charge in [0.25, 0.3) is 0 Å². The molecular formula is C16H29N3O. The second kappa shape index (κ2) is 5.30. The van der Waals surface area contributed by atoms with E-state index >= 15 is 0 Å². The number of carbonyl (C=O) groups excluding carboxylic acids is 1. The van der Waals surface area contributed by atoms with Crippen molar-refractivity contribution in [2.24, 2.45) is 11.3 Å². The Bertz CT molecular complexity index is 376. The van der Waals surface area contributed by atoms with Gasteiger partial charge in [-0.2, -0.15) is 0 Å². The summed E-state index contributed by atoms with van der Waals surface area (Å²) in [5.41, 5.74) is -0.158. The van der Waals surface area contributed by atoms with Gasteiger partial charge in [0.2, 0.25) is 5.91 Å². The fraction of sp³-hybridized carbons (Fsp3) is 0.938. The Morgan fingerprint density at radius 1 is 1.35 bits per heavy atom. The van der Waals surface area contributed by atoms with Crippen LogP contribution in [-0.4, -0.2) is 60.5 Å². The van der Waals surface area contributed by atoms with Crippen LogP contribution < -0.4 is 5.32 Å². The van der Waals surface area contributed by atoms with Gasteiger partial charge in [-0.05, 0) is 45.2 Å². The zero-order valence-electron chi connectivity index (χ0n) is 13.2. The molecule has 3 atom stereocenters. The molecule has 1 N–H and O–H groups in total. The van der Waals surface area contributed by atoms with Gasteiger partial charge in [0, 0.05) is 31.7 Å². The number of hydrogen-bond acceptors (Lipinski definition) is 3. The van der Waals surface area contributed by atoms with Gasteiger partial charge >= 0.3 is 0 Å². The molecule has 3 rings (SSSR count). The fourth-order valence-corrected chi connectivity index (χ4v) is 4.39. The molecule has 1 amide bonds. The highest BCUT2D eigenvalue weighted by molar-refractivity contribution is 5.84. The van der Waals surface area contributed by atoms with Gasteiger partial charge in [-0.1, -0.05) is 13.8 Å². The lowest BCUT2D eigenvalue weighted by molar-refractivity contribution is -0.149. The molecular weight excluding hydrogens is 250 g/mol. The van der Waals surface area contributed by atoms with Crippen LogP contribution in [0.1, 0.15) is 40.0 Å². The van der Waals surface area contributed by atoms with E-state index in [4.69, 9.17) is 0 Å². The van der Waals surface area contributed by atoms with Gasteiger partial charge in [0.05, 0.1) is 5.41 Å². The van der Waals surface area contributed by atoms with E-state index in [-0.39, 0.29) is 5.41 Å². The van der Waals surface area contributed by atoms with Gasteiger partial charge in [0.1, 0.15) is 0 Å². The Hall–Kier alpha value is -0.610. The normalized spacial score (nSPS) is 38.5. The first kappa shape index (κ1) is 14.3. The monoisotopic (exact) mass is 279 g/mol. The molecule has 3 aliphatic heterocycles. The van der Waals surface area contributed by atoms with Crippen LogP contribution in [-0.2, 0) is 4.79 Å². The number of carbonyl (C=O) groups is 1. The Kier molecular flexibility index (Phi) is 3.80. The molecule has 0 aromatic rings. The van der Waals surface area contributed by atoms with E-state index in [1.165, 1.54) is 19.4 Å². The molecule has 0 aliphatic carbocycles. The Balaban J connectivity index is 1.78. The predicted octanol–water partition coefficient (Wildman–Crippen LogP) is 1.32. The summed E-state index contributed by atoms with van der Waals surface area (Å²) in [6.07, 6.45) is 3.57. The highest BCUT2D eigenvalue weighted by atomic mass is 16.2. The molecule has 3 heterocycles. The summed E-state index contributed by atoms with van der Waals surface area (Å²) in [7, 11) is 0. The molecule has 0 saturated carbocycles. The first-order chi connectivity index (χ1) is 9.54. The van der Waals surface area contributed by atoms with Crippen molar-refractivity contribution in [1.29, 1.82) is 0 Å². The smallest absolute Gasteiger partial charge is 0.230 e. The molecule has 3 unspecified atom stereocenters. The van der Waals surface area contributed by atoms with E-state index < -0.39 is 0 Å². The summed E-state index contributed by atoms with van der Waals surface area (Å²) in [5.74, 6) is 0.829. The first-order valence-corrected chi connectivity index (χ1v) is 8.30. The minimum absolute atomic E-state index is 0.158. The summed E-state index contributed by atoms with van der Waals surface area (Å²) >= 11 is 0. The number of piperazine rings is 1. The highest BCUT2D eigenvalue weighted by Gasteiger charge is 2.48. The van der Waals surface area contributed by atoms with Crippen molar-refractivity contribution in [3.63, 3.8) is 0 Å². The molecule has 3 aliphatic rings. The maximum Gasteiger partial charge on any atom is 0.230 e. The number of nitrogens with zero attached hydrogens (tertiary/aromatic N) is 2. The van der Waals surface area contributed by atoms with E-state index in [9.17, 15) is 4.79 Å². The average molecular weight is 279 g/mol. The van der Waals surface area contributed by atoms with Crippen molar-refractivity contribution in [3.05, 3.63) is 0 Å². The summed E-state index contributed by atoms with van der Waals surface area (Å²) in [4.78, 5) is 18.0. The third-order valence-electron chi connectivity index (χ3n) is 5.92. The summed E-state index contributed by atoms with van der Waals surface area (Å²) in [5, 5.41) is 3.42. The summed E-state index contributed by atoms with van der Waals surface area (Å²) < 4.78 is 0. The zero-order valence-corrected chi connectivity index (χ0v) is 13.2. The maximum absolute atomic E-state index is 13.2. The predicted molar refractivity (Wildman–Crippen MR) is 80.5 cm³/mol. The largest absolute Gasteiger partial charge is 0.337 e. The van der Waals surface area contributed by atoms with E-state index in [2.05, 4.69) is 35.9 Å². The molecule has 114 valence electrons. The maximum atomic E-state index is 13.2. The lowest BCUT2D eigenvalue weighted by atomic mass is 9.74. The Morgan fingerprint density at radius 2 is 2.15 bits per heavy atom. The van der Waals surface area contributed by atoms with E-state index in [0.29, 0.717) is 23.9 Å². The lowest BCUT2D eigenvalue weighted by Gasteiger charge is -2.46. The number of nitrogens with one attached hydrogen (secondary N) is 1. The molecule has 0 radical (unpaired) electrons. The lowest BCUT2D eigenvalue weighted by Crippen LogP contribution is -2.60. The average Bonchev–Trinajstić information content (AvgIpc) is 3.06. The van der Waals surface area contributed by atoms with Gasteiger partial charge in [-0.25, -0.2) is 0 Å². The van der Waals surface area contributed by atoms with Crippen molar-refractivity contribution >= 4 is 5.91 Å². The molecule has 0 spiro atoms. The molecule has 4 nitrogen and oxygen atoms in total. The van der Waals surface area contributed by atoms with Crippen molar-refractivity contribution in [2.45, 2.75) is 52.1 Å². The molecule has 3 saturated heterocycles. The van der Waals surface area contributed by atoms with Crippen molar-refractivity contribution < 1.29 is 4.79 Å². The highest BCUT2D eigenvalue weighted by Crippen LogP contribution is 2.38. The number of amides is 1.